The molecule has 0 unspecified atom stereocenters. The first-order chi connectivity index (χ1) is 7.18. The minimum Gasteiger partial charge on any atom is -0.342 e. The summed E-state index contributed by atoms with van der Waals surface area (Å²) in [5, 5.41) is 0. The maximum absolute atomic E-state index is 13.3. The second kappa shape index (κ2) is 3.65. The van der Waals surface area contributed by atoms with E-state index in [1.54, 1.807) is 13.0 Å². The molecule has 3 nitrogen and oxygen atoms in total. The van der Waals surface area contributed by atoms with Gasteiger partial charge in [0.1, 0.15) is 5.82 Å². The molecule has 0 fully saturated rings. The number of hydrogen-bond acceptors (Lipinski definition) is 2. The Bertz CT molecular complexity index is 491. The van der Waals surface area contributed by atoms with Crippen LogP contribution in [-0.2, 0) is 0 Å². The monoisotopic (exact) mass is 204 g/mol. The van der Waals surface area contributed by atoms with Crippen molar-refractivity contribution in [2.45, 2.75) is 6.92 Å². The quantitative estimate of drug-likeness (QED) is 0.761. The number of nitrogens with one attached hydrogen (secondary N) is 1. The summed E-state index contributed by atoms with van der Waals surface area (Å²) in [6.07, 6.45) is 2.99. The van der Waals surface area contributed by atoms with Crippen LogP contribution in [0.4, 0.5) is 4.39 Å². The minimum atomic E-state index is -0.526. The Balaban J connectivity index is 2.46. The highest BCUT2D eigenvalue weighted by molar-refractivity contribution is 6.06. The molecule has 2 aromatic rings. The van der Waals surface area contributed by atoms with Crippen LogP contribution in [0.25, 0.3) is 0 Å². The molecule has 0 saturated carbocycles. The summed E-state index contributed by atoms with van der Waals surface area (Å²) in [7, 11) is 0. The van der Waals surface area contributed by atoms with Crippen LogP contribution in [0, 0.1) is 12.7 Å². The third-order valence-electron chi connectivity index (χ3n) is 2.08. The number of nitrogens with zero attached hydrogens (tertiary/aromatic N) is 1. The average molecular weight is 204 g/mol. The number of hydrogen-bond donors (Lipinski definition) is 1. The van der Waals surface area contributed by atoms with Crippen molar-refractivity contribution in [3.05, 3.63) is 53.4 Å². The van der Waals surface area contributed by atoms with E-state index in [1.165, 1.54) is 24.5 Å². The van der Waals surface area contributed by atoms with Gasteiger partial charge in [0.15, 0.2) is 5.82 Å². The molecule has 4 heteroatoms. The summed E-state index contributed by atoms with van der Waals surface area (Å²) in [5.41, 5.74) is 0.885. The molecule has 1 aromatic carbocycles. The Hall–Kier alpha value is -1.97. The third kappa shape index (κ3) is 1.79. The van der Waals surface area contributed by atoms with E-state index in [2.05, 4.69) is 9.97 Å². The van der Waals surface area contributed by atoms with E-state index in [4.69, 9.17) is 0 Å². The van der Waals surface area contributed by atoms with Gasteiger partial charge in [0.2, 0.25) is 5.78 Å². The van der Waals surface area contributed by atoms with Gasteiger partial charge in [0.25, 0.3) is 0 Å². The molecule has 1 N–H and O–H groups in total. The summed E-state index contributed by atoms with van der Waals surface area (Å²) in [6.45, 7) is 1.80. The highest BCUT2D eigenvalue weighted by atomic mass is 19.1. The number of rotatable bonds is 2. The van der Waals surface area contributed by atoms with Crippen molar-refractivity contribution in [2.24, 2.45) is 0 Å². The lowest BCUT2D eigenvalue weighted by Gasteiger charge is -2.01. The van der Waals surface area contributed by atoms with Crippen molar-refractivity contribution in [3.63, 3.8) is 0 Å². The van der Waals surface area contributed by atoms with Gasteiger partial charge in [0.05, 0.1) is 5.56 Å². The van der Waals surface area contributed by atoms with Crippen LogP contribution >= 0.6 is 0 Å². The van der Waals surface area contributed by atoms with Crippen molar-refractivity contribution in [1.29, 1.82) is 0 Å². The molecule has 1 heterocycles. The molecule has 0 aliphatic heterocycles. The Labute approximate surface area is 86.0 Å². The van der Waals surface area contributed by atoms with E-state index in [0.717, 1.165) is 5.56 Å². The SMILES string of the molecule is Cc1ccc(F)c(C(=O)c2ncc[nH]2)c1. The molecule has 0 radical (unpaired) electrons. The molecule has 76 valence electrons. The lowest BCUT2D eigenvalue weighted by atomic mass is 10.1. The Morgan fingerprint density at radius 1 is 1.47 bits per heavy atom. The Kier molecular flexibility index (Phi) is 2.33. The van der Waals surface area contributed by atoms with Crippen LogP contribution in [-0.4, -0.2) is 15.8 Å². The zero-order valence-electron chi connectivity index (χ0n) is 8.12. The number of carbonyl (C=O) groups is 1. The van der Waals surface area contributed by atoms with Gasteiger partial charge >= 0.3 is 0 Å². The van der Waals surface area contributed by atoms with Gasteiger partial charge in [-0.25, -0.2) is 9.37 Å². The summed E-state index contributed by atoms with van der Waals surface area (Å²) < 4.78 is 13.3. The van der Waals surface area contributed by atoms with Crippen LogP contribution in [0.1, 0.15) is 21.7 Å². The molecular weight excluding hydrogens is 195 g/mol. The Morgan fingerprint density at radius 2 is 2.27 bits per heavy atom. The zero-order valence-corrected chi connectivity index (χ0v) is 8.12. The average Bonchev–Trinajstić information content (AvgIpc) is 2.74. The van der Waals surface area contributed by atoms with Gasteiger partial charge in [-0.3, -0.25) is 4.79 Å². The van der Waals surface area contributed by atoms with Gasteiger partial charge in [0, 0.05) is 12.4 Å². The number of aromatic amines is 1. The van der Waals surface area contributed by atoms with E-state index in [1.807, 2.05) is 0 Å². The van der Waals surface area contributed by atoms with Crippen molar-refractivity contribution >= 4 is 5.78 Å². The number of benzene rings is 1. The number of carbonyl (C=O) groups excluding carboxylic acids is 1. The van der Waals surface area contributed by atoms with Crippen molar-refractivity contribution < 1.29 is 9.18 Å². The maximum Gasteiger partial charge on any atom is 0.231 e. The Morgan fingerprint density at radius 3 is 2.93 bits per heavy atom. The predicted octanol–water partition coefficient (Wildman–Crippen LogP) is 2.09. The van der Waals surface area contributed by atoms with Crippen LogP contribution < -0.4 is 0 Å². The fourth-order valence-corrected chi connectivity index (χ4v) is 1.33. The number of halogens is 1. The molecular formula is C11H9FN2O. The van der Waals surface area contributed by atoms with E-state index in [0.29, 0.717) is 0 Å². The van der Waals surface area contributed by atoms with E-state index in [-0.39, 0.29) is 11.4 Å². The first kappa shape index (κ1) is 9.58. The fourth-order valence-electron chi connectivity index (χ4n) is 1.33. The minimum absolute atomic E-state index is 0.0463. The molecule has 15 heavy (non-hydrogen) atoms. The highest BCUT2D eigenvalue weighted by Crippen LogP contribution is 2.13. The molecule has 0 saturated heterocycles. The molecule has 0 bridgehead atoms. The van der Waals surface area contributed by atoms with Crippen LogP contribution in [0.15, 0.2) is 30.6 Å². The number of ketones is 1. The molecule has 0 aliphatic rings. The highest BCUT2D eigenvalue weighted by Gasteiger charge is 2.15. The van der Waals surface area contributed by atoms with Crippen LogP contribution in [0.2, 0.25) is 0 Å². The van der Waals surface area contributed by atoms with Crippen molar-refractivity contribution in [1.82, 2.24) is 9.97 Å². The second-order valence-electron chi connectivity index (χ2n) is 3.25. The molecule has 0 amide bonds. The van der Waals surface area contributed by atoms with Gasteiger partial charge in [-0.05, 0) is 19.1 Å². The first-order valence-corrected chi connectivity index (χ1v) is 4.48. The van der Waals surface area contributed by atoms with E-state index in [9.17, 15) is 9.18 Å². The van der Waals surface area contributed by atoms with Gasteiger partial charge in [-0.15, -0.1) is 0 Å². The van der Waals surface area contributed by atoms with Crippen LogP contribution in [0.5, 0.6) is 0 Å². The molecule has 0 aliphatic carbocycles. The van der Waals surface area contributed by atoms with Gasteiger partial charge in [-0.1, -0.05) is 11.6 Å². The topological polar surface area (TPSA) is 45.8 Å². The van der Waals surface area contributed by atoms with Gasteiger partial charge in [-0.2, -0.15) is 0 Å². The fraction of sp³-hybridized carbons (Fsp3) is 0.0909. The predicted molar refractivity (Wildman–Crippen MR) is 53.2 cm³/mol. The molecule has 0 atom stereocenters. The largest absolute Gasteiger partial charge is 0.342 e. The number of imidazole rings is 1. The van der Waals surface area contributed by atoms with Crippen molar-refractivity contribution in [3.8, 4) is 0 Å². The van der Waals surface area contributed by atoms with Crippen LogP contribution in [0.3, 0.4) is 0 Å². The zero-order chi connectivity index (χ0) is 10.8. The van der Waals surface area contributed by atoms with E-state index >= 15 is 0 Å². The first-order valence-electron chi connectivity index (χ1n) is 4.48. The number of aryl methyl sites for hydroxylation is 1. The van der Waals surface area contributed by atoms with Crippen molar-refractivity contribution in [2.75, 3.05) is 0 Å². The number of H-pyrrole nitrogens is 1. The van der Waals surface area contributed by atoms with E-state index < -0.39 is 11.6 Å². The molecule has 1 aromatic heterocycles. The normalized spacial score (nSPS) is 10.3. The smallest absolute Gasteiger partial charge is 0.231 e. The summed E-state index contributed by atoms with van der Waals surface area (Å²) in [6, 6.07) is 4.42. The third-order valence-corrected chi connectivity index (χ3v) is 2.08. The summed E-state index contributed by atoms with van der Waals surface area (Å²) in [4.78, 5) is 18.2. The lowest BCUT2D eigenvalue weighted by molar-refractivity contribution is 0.102. The second-order valence-corrected chi connectivity index (χ2v) is 3.25. The lowest BCUT2D eigenvalue weighted by Crippen LogP contribution is -2.06. The van der Waals surface area contributed by atoms with Gasteiger partial charge < -0.3 is 4.98 Å². The maximum atomic E-state index is 13.3. The standard InChI is InChI=1S/C11H9FN2O/c1-7-2-3-9(12)8(6-7)10(15)11-13-4-5-14-11/h2-6H,1H3,(H,13,14). The summed E-state index contributed by atoms with van der Waals surface area (Å²) in [5.74, 6) is -0.803. The summed E-state index contributed by atoms with van der Waals surface area (Å²) >= 11 is 0. The number of aromatic nitrogens is 2. The molecule has 2 rings (SSSR count). The molecule has 0 spiro atoms.